The van der Waals surface area contributed by atoms with Gasteiger partial charge in [-0.05, 0) is 63.8 Å². The topological polar surface area (TPSA) is 40.2 Å². The number of ether oxygens (including phenoxy) is 1. The first-order valence-electron chi connectivity index (χ1n) is 7.97. The number of hydrogen-bond acceptors (Lipinski definition) is 2. The van der Waals surface area contributed by atoms with E-state index in [-0.39, 0.29) is 5.54 Å². The summed E-state index contributed by atoms with van der Waals surface area (Å²) in [6.45, 7) is 6.56. The fraction of sp³-hybridized carbons (Fsp3) is 0.400. The van der Waals surface area contributed by atoms with Crippen molar-refractivity contribution in [2.45, 2.75) is 39.2 Å². The van der Waals surface area contributed by atoms with Crippen molar-refractivity contribution in [3.8, 4) is 17.6 Å². The Morgan fingerprint density at radius 1 is 1.13 bits per heavy atom. The van der Waals surface area contributed by atoms with E-state index in [2.05, 4.69) is 49.3 Å². The van der Waals surface area contributed by atoms with Gasteiger partial charge in [0.2, 0.25) is 0 Å². The number of aromatic nitrogens is 1. The monoisotopic (exact) mass is 310 g/mol. The second-order valence-corrected chi connectivity index (χ2v) is 6.66. The number of nitrogens with two attached hydrogens (primary N) is 1. The lowest BCUT2D eigenvalue weighted by atomic mass is 9.99. The fourth-order valence-corrected chi connectivity index (χ4v) is 2.26. The summed E-state index contributed by atoms with van der Waals surface area (Å²) >= 11 is 0. The molecule has 0 radical (unpaired) electrons. The molecule has 0 aliphatic carbocycles. The van der Waals surface area contributed by atoms with E-state index in [1.807, 2.05) is 31.3 Å². The van der Waals surface area contributed by atoms with Crippen LogP contribution in [0.2, 0.25) is 0 Å². The molecule has 122 valence electrons. The summed E-state index contributed by atoms with van der Waals surface area (Å²) in [7, 11) is 2.05. The SMILES string of the molecule is Cc1ccc(OCC#Cc2ccc(CCC(C)(C)N)n2C)cc1. The van der Waals surface area contributed by atoms with Crippen LogP contribution in [0.15, 0.2) is 36.4 Å². The van der Waals surface area contributed by atoms with E-state index in [1.165, 1.54) is 11.3 Å². The van der Waals surface area contributed by atoms with Gasteiger partial charge in [0.15, 0.2) is 0 Å². The number of aryl methyl sites for hydroxylation is 2. The second-order valence-electron chi connectivity index (χ2n) is 6.66. The molecule has 2 aromatic rings. The van der Waals surface area contributed by atoms with Gasteiger partial charge in [0.05, 0.1) is 5.69 Å². The summed E-state index contributed by atoms with van der Waals surface area (Å²) in [5, 5.41) is 0. The van der Waals surface area contributed by atoms with Gasteiger partial charge in [-0.2, -0.15) is 0 Å². The van der Waals surface area contributed by atoms with Gasteiger partial charge in [0, 0.05) is 18.3 Å². The van der Waals surface area contributed by atoms with Crippen LogP contribution in [0.5, 0.6) is 5.75 Å². The van der Waals surface area contributed by atoms with E-state index in [4.69, 9.17) is 10.5 Å². The van der Waals surface area contributed by atoms with Crippen LogP contribution in [-0.4, -0.2) is 16.7 Å². The van der Waals surface area contributed by atoms with E-state index >= 15 is 0 Å². The van der Waals surface area contributed by atoms with Crippen molar-refractivity contribution in [3.05, 3.63) is 53.3 Å². The van der Waals surface area contributed by atoms with Crippen LogP contribution in [0.3, 0.4) is 0 Å². The van der Waals surface area contributed by atoms with Crippen LogP contribution < -0.4 is 10.5 Å². The van der Waals surface area contributed by atoms with Gasteiger partial charge in [-0.3, -0.25) is 0 Å². The average Bonchev–Trinajstić information content (AvgIpc) is 2.83. The normalized spacial score (nSPS) is 11.0. The number of benzene rings is 1. The highest BCUT2D eigenvalue weighted by atomic mass is 16.5. The molecular weight excluding hydrogens is 284 g/mol. The van der Waals surface area contributed by atoms with Gasteiger partial charge in [-0.15, -0.1) is 0 Å². The molecular formula is C20H26N2O. The van der Waals surface area contributed by atoms with Gasteiger partial charge in [-0.25, -0.2) is 0 Å². The van der Waals surface area contributed by atoms with Gasteiger partial charge in [0.1, 0.15) is 12.4 Å². The van der Waals surface area contributed by atoms with E-state index in [0.717, 1.165) is 24.3 Å². The summed E-state index contributed by atoms with van der Waals surface area (Å²) in [6, 6.07) is 12.2. The van der Waals surface area contributed by atoms with Crippen LogP contribution >= 0.6 is 0 Å². The summed E-state index contributed by atoms with van der Waals surface area (Å²) in [5.74, 6) is 7.09. The van der Waals surface area contributed by atoms with Crippen molar-refractivity contribution in [1.82, 2.24) is 4.57 Å². The number of nitrogens with zero attached hydrogens (tertiary/aromatic N) is 1. The minimum atomic E-state index is -0.141. The van der Waals surface area contributed by atoms with Crippen molar-refractivity contribution in [2.75, 3.05) is 6.61 Å². The predicted molar refractivity (Wildman–Crippen MR) is 95.6 cm³/mol. The summed E-state index contributed by atoms with van der Waals surface area (Å²) in [4.78, 5) is 0. The quantitative estimate of drug-likeness (QED) is 0.860. The first-order chi connectivity index (χ1) is 10.8. The minimum absolute atomic E-state index is 0.141. The highest BCUT2D eigenvalue weighted by molar-refractivity contribution is 5.33. The van der Waals surface area contributed by atoms with Crippen LogP contribution in [0.1, 0.15) is 37.2 Å². The molecule has 1 heterocycles. The van der Waals surface area contributed by atoms with Crippen molar-refractivity contribution in [2.24, 2.45) is 12.8 Å². The van der Waals surface area contributed by atoms with E-state index in [1.54, 1.807) is 0 Å². The zero-order chi connectivity index (χ0) is 16.9. The molecule has 0 amide bonds. The van der Waals surface area contributed by atoms with E-state index < -0.39 is 0 Å². The van der Waals surface area contributed by atoms with Crippen molar-refractivity contribution in [3.63, 3.8) is 0 Å². The van der Waals surface area contributed by atoms with E-state index in [9.17, 15) is 0 Å². The molecule has 1 aromatic heterocycles. The molecule has 3 nitrogen and oxygen atoms in total. The third-order valence-electron chi connectivity index (χ3n) is 3.80. The lowest BCUT2D eigenvalue weighted by Gasteiger charge is -2.18. The lowest BCUT2D eigenvalue weighted by molar-refractivity contribution is 0.370. The third kappa shape index (κ3) is 5.50. The zero-order valence-electron chi connectivity index (χ0n) is 14.5. The maximum absolute atomic E-state index is 6.05. The Balaban J connectivity index is 1.91. The van der Waals surface area contributed by atoms with Gasteiger partial charge in [0.25, 0.3) is 0 Å². The summed E-state index contributed by atoms with van der Waals surface area (Å²) < 4.78 is 7.75. The van der Waals surface area contributed by atoms with Gasteiger partial charge in [-0.1, -0.05) is 23.6 Å². The second kappa shape index (κ2) is 7.39. The third-order valence-corrected chi connectivity index (χ3v) is 3.80. The maximum Gasteiger partial charge on any atom is 0.149 e. The Hall–Kier alpha value is -2.18. The molecule has 2 N–H and O–H groups in total. The van der Waals surface area contributed by atoms with Crippen molar-refractivity contribution >= 4 is 0 Å². The first-order valence-corrected chi connectivity index (χ1v) is 7.97. The molecule has 2 rings (SSSR count). The molecule has 0 bridgehead atoms. The largest absolute Gasteiger partial charge is 0.481 e. The van der Waals surface area contributed by atoms with Crippen LogP contribution in [0, 0.1) is 18.8 Å². The van der Waals surface area contributed by atoms with Crippen LogP contribution in [-0.2, 0) is 13.5 Å². The van der Waals surface area contributed by atoms with Crippen LogP contribution in [0.4, 0.5) is 0 Å². The Kier molecular flexibility index (Phi) is 5.52. The smallest absolute Gasteiger partial charge is 0.149 e. The highest BCUT2D eigenvalue weighted by Crippen LogP contribution is 2.13. The lowest BCUT2D eigenvalue weighted by Crippen LogP contribution is -2.32. The fourth-order valence-electron chi connectivity index (χ4n) is 2.26. The average molecular weight is 310 g/mol. The molecule has 0 unspecified atom stereocenters. The highest BCUT2D eigenvalue weighted by Gasteiger charge is 2.12. The van der Waals surface area contributed by atoms with E-state index in [0.29, 0.717) is 6.61 Å². The Labute approximate surface area is 139 Å². The molecule has 3 heteroatoms. The van der Waals surface area contributed by atoms with Crippen molar-refractivity contribution in [1.29, 1.82) is 0 Å². The Morgan fingerprint density at radius 2 is 1.83 bits per heavy atom. The summed E-state index contributed by atoms with van der Waals surface area (Å²) in [5.41, 5.74) is 9.39. The first kappa shape index (κ1) is 17.2. The summed E-state index contributed by atoms with van der Waals surface area (Å²) in [6.07, 6.45) is 1.91. The van der Waals surface area contributed by atoms with Crippen molar-refractivity contribution < 1.29 is 4.74 Å². The molecule has 0 saturated carbocycles. The Morgan fingerprint density at radius 3 is 2.48 bits per heavy atom. The minimum Gasteiger partial charge on any atom is -0.481 e. The van der Waals surface area contributed by atoms with Crippen LogP contribution in [0.25, 0.3) is 0 Å². The molecule has 0 saturated heterocycles. The maximum atomic E-state index is 6.05. The molecule has 0 aliphatic heterocycles. The van der Waals surface area contributed by atoms with Gasteiger partial charge < -0.3 is 15.0 Å². The predicted octanol–water partition coefficient (Wildman–Crippen LogP) is 3.43. The Bertz CT molecular complexity index is 694. The molecule has 1 aromatic carbocycles. The zero-order valence-corrected chi connectivity index (χ0v) is 14.5. The van der Waals surface area contributed by atoms with Gasteiger partial charge >= 0.3 is 0 Å². The molecule has 0 atom stereocenters. The molecule has 0 spiro atoms. The molecule has 23 heavy (non-hydrogen) atoms. The number of rotatable bonds is 5. The molecule has 0 fully saturated rings. The number of hydrogen-bond donors (Lipinski definition) is 1. The molecule has 0 aliphatic rings. The standard InChI is InChI=1S/C20H26N2O/c1-16-7-11-19(12-8-16)23-15-5-6-17-9-10-18(22(17)4)13-14-20(2,3)21/h7-12H,13-15,21H2,1-4H3.